The van der Waals surface area contributed by atoms with Crippen molar-refractivity contribution in [3.8, 4) is 0 Å². The molecule has 0 aliphatic carbocycles. The maximum absolute atomic E-state index is 12.8. The van der Waals surface area contributed by atoms with Gasteiger partial charge in [0.25, 0.3) is 5.22 Å². The van der Waals surface area contributed by atoms with E-state index in [1.54, 1.807) is 11.8 Å². The molecule has 2 amide bonds. The van der Waals surface area contributed by atoms with Crippen LogP contribution in [-0.4, -0.2) is 52.5 Å². The first-order chi connectivity index (χ1) is 12.0. The number of likely N-dealkylation sites (N-methyl/N-ethyl adjacent to an activating group) is 1. The van der Waals surface area contributed by atoms with Gasteiger partial charge in [0.15, 0.2) is 0 Å². The van der Waals surface area contributed by atoms with Crippen LogP contribution < -0.4 is 5.32 Å². The number of aromatic nitrogens is 2. The van der Waals surface area contributed by atoms with Gasteiger partial charge in [0, 0.05) is 12.7 Å². The topological polar surface area (TPSA) is 88.3 Å². The SMILES string of the molecule is CSCc1nnc(SCC(=O)N(C)CC(=O)Nc2ccc(F)cc2)o1. The third-order valence-corrected chi connectivity index (χ3v) is 4.31. The number of thioether (sulfide) groups is 2. The van der Waals surface area contributed by atoms with Crippen LogP contribution in [0.15, 0.2) is 33.9 Å². The Hall–Kier alpha value is -2.07. The van der Waals surface area contributed by atoms with Crippen LogP contribution >= 0.6 is 23.5 Å². The fraction of sp³-hybridized carbons (Fsp3) is 0.333. The normalized spacial score (nSPS) is 10.5. The second-order valence-electron chi connectivity index (χ2n) is 4.99. The highest BCUT2D eigenvalue weighted by Crippen LogP contribution is 2.18. The fourth-order valence-electron chi connectivity index (χ4n) is 1.75. The van der Waals surface area contributed by atoms with Gasteiger partial charge >= 0.3 is 0 Å². The van der Waals surface area contributed by atoms with E-state index in [2.05, 4.69) is 15.5 Å². The molecule has 0 unspecified atom stereocenters. The van der Waals surface area contributed by atoms with Gasteiger partial charge in [-0.05, 0) is 30.5 Å². The highest BCUT2D eigenvalue weighted by molar-refractivity contribution is 7.99. The molecule has 0 aliphatic heterocycles. The summed E-state index contributed by atoms with van der Waals surface area (Å²) in [6.45, 7) is -0.113. The van der Waals surface area contributed by atoms with Crippen molar-refractivity contribution in [3.05, 3.63) is 36.0 Å². The van der Waals surface area contributed by atoms with E-state index in [4.69, 9.17) is 4.42 Å². The lowest BCUT2D eigenvalue weighted by Gasteiger charge is -2.16. The number of rotatable bonds is 8. The van der Waals surface area contributed by atoms with Crippen LogP contribution in [0.4, 0.5) is 10.1 Å². The Balaban J connectivity index is 1.76. The van der Waals surface area contributed by atoms with E-state index in [9.17, 15) is 14.0 Å². The molecular weight excluding hydrogens is 367 g/mol. The zero-order valence-electron chi connectivity index (χ0n) is 13.7. The molecule has 1 aromatic carbocycles. The van der Waals surface area contributed by atoms with Crippen molar-refractivity contribution in [2.24, 2.45) is 0 Å². The first-order valence-electron chi connectivity index (χ1n) is 7.21. The van der Waals surface area contributed by atoms with Crippen molar-refractivity contribution in [3.63, 3.8) is 0 Å². The minimum Gasteiger partial charge on any atom is -0.415 e. The van der Waals surface area contributed by atoms with Gasteiger partial charge in [-0.1, -0.05) is 11.8 Å². The Morgan fingerprint density at radius 1 is 1.28 bits per heavy atom. The number of amides is 2. The Kier molecular flexibility index (Phi) is 7.26. The first kappa shape index (κ1) is 19.3. The third kappa shape index (κ3) is 6.39. The molecule has 1 heterocycles. The van der Waals surface area contributed by atoms with Crippen molar-refractivity contribution < 1.29 is 18.4 Å². The molecule has 10 heteroatoms. The average molecular weight is 384 g/mol. The molecule has 134 valence electrons. The van der Waals surface area contributed by atoms with Crippen LogP contribution in [0, 0.1) is 5.82 Å². The van der Waals surface area contributed by atoms with Crippen molar-refractivity contribution in [2.45, 2.75) is 11.0 Å². The van der Waals surface area contributed by atoms with Gasteiger partial charge in [0.05, 0.1) is 18.1 Å². The predicted octanol–water partition coefficient (Wildman–Crippen LogP) is 2.26. The summed E-state index contributed by atoms with van der Waals surface area (Å²) in [6, 6.07) is 5.40. The number of hydrogen-bond acceptors (Lipinski definition) is 7. The maximum Gasteiger partial charge on any atom is 0.277 e. The van der Waals surface area contributed by atoms with Gasteiger partial charge in [-0.2, -0.15) is 11.8 Å². The maximum atomic E-state index is 12.8. The number of nitrogens with one attached hydrogen (secondary N) is 1. The molecule has 7 nitrogen and oxygen atoms in total. The molecule has 0 saturated heterocycles. The fourth-order valence-corrected chi connectivity index (χ4v) is 2.83. The van der Waals surface area contributed by atoms with Crippen molar-refractivity contribution in [2.75, 3.05) is 30.9 Å². The third-order valence-electron chi connectivity index (χ3n) is 2.97. The Bertz CT molecular complexity index is 724. The van der Waals surface area contributed by atoms with Gasteiger partial charge < -0.3 is 14.6 Å². The minimum atomic E-state index is -0.385. The number of benzene rings is 1. The van der Waals surface area contributed by atoms with Crippen molar-refractivity contribution in [1.29, 1.82) is 0 Å². The number of carbonyl (C=O) groups is 2. The summed E-state index contributed by atoms with van der Waals surface area (Å²) in [5, 5.41) is 10.6. The van der Waals surface area contributed by atoms with E-state index in [-0.39, 0.29) is 29.9 Å². The molecule has 25 heavy (non-hydrogen) atoms. The van der Waals surface area contributed by atoms with Crippen LogP contribution in [0.1, 0.15) is 5.89 Å². The lowest BCUT2D eigenvalue weighted by atomic mass is 10.3. The smallest absolute Gasteiger partial charge is 0.277 e. The van der Waals surface area contributed by atoms with Gasteiger partial charge in [-0.25, -0.2) is 4.39 Å². The minimum absolute atomic E-state index is 0.0846. The number of halogens is 1. The van der Waals surface area contributed by atoms with Crippen LogP contribution in [0.2, 0.25) is 0 Å². The second kappa shape index (κ2) is 9.42. The van der Waals surface area contributed by atoms with Gasteiger partial charge in [-0.15, -0.1) is 10.2 Å². The molecule has 0 spiro atoms. The number of anilines is 1. The lowest BCUT2D eigenvalue weighted by molar-refractivity contribution is -0.131. The molecular formula is C15H17FN4O3S2. The lowest BCUT2D eigenvalue weighted by Crippen LogP contribution is -2.35. The summed E-state index contributed by atoms with van der Waals surface area (Å²) in [6.07, 6.45) is 1.92. The van der Waals surface area contributed by atoms with Crippen LogP contribution in [0.3, 0.4) is 0 Å². The van der Waals surface area contributed by atoms with Crippen molar-refractivity contribution >= 4 is 41.0 Å². The van der Waals surface area contributed by atoms with Crippen LogP contribution in [0.25, 0.3) is 0 Å². The monoisotopic (exact) mass is 384 g/mol. The van der Waals surface area contributed by atoms with E-state index in [0.717, 1.165) is 11.8 Å². The Labute approximate surface area is 152 Å². The van der Waals surface area contributed by atoms with E-state index < -0.39 is 0 Å². The van der Waals surface area contributed by atoms with Crippen LogP contribution in [0.5, 0.6) is 0 Å². The zero-order chi connectivity index (χ0) is 18.2. The van der Waals surface area contributed by atoms with Gasteiger partial charge in [-0.3, -0.25) is 9.59 Å². The van der Waals surface area contributed by atoms with E-state index in [0.29, 0.717) is 22.6 Å². The summed E-state index contributed by atoms with van der Waals surface area (Å²) in [5.74, 6) is 0.210. The molecule has 2 rings (SSSR count). The van der Waals surface area contributed by atoms with E-state index in [1.807, 2.05) is 6.26 Å². The quantitative estimate of drug-likeness (QED) is 0.699. The Morgan fingerprint density at radius 2 is 2.00 bits per heavy atom. The van der Waals surface area contributed by atoms with Gasteiger partial charge in [0.1, 0.15) is 5.82 Å². The van der Waals surface area contributed by atoms with E-state index >= 15 is 0 Å². The number of carbonyl (C=O) groups excluding carboxylic acids is 2. The number of hydrogen-bond donors (Lipinski definition) is 1. The molecule has 1 N–H and O–H groups in total. The Morgan fingerprint density at radius 3 is 2.68 bits per heavy atom. The van der Waals surface area contributed by atoms with Crippen molar-refractivity contribution in [1.82, 2.24) is 15.1 Å². The molecule has 0 saturated carbocycles. The van der Waals surface area contributed by atoms with Gasteiger partial charge in [0.2, 0.25) is 17.7 Å². The molecule has 2 aromatic rings. The predicted molar refractivity (Wildman–Crippen MR) is 94.9 cm³/mol. The molecule has 0 atom stereocenters. The summed E-state index contributed by atoms with van der Waals surface area (Å²) in [4.78, 5) is 25.3. The average Bonchev–Trinajstić information content (AvgIpc) is 3.02. The molecule has 1 aromatic heterocycles. The summed E-state index contributed by atoms with van der Waals surface area (Å²) in [7, 11) is 1.53. The summed E-state index contributed by atoms with van der Waals surface area (Å²) < 4.78 is 18.2. The largest absolute Gasteiger partial charge is 0.415 e. The van der Waals surface area contributed by atoms with Crippen LogP contribution in [-0.2, 0) is 15.3 Å². The second-order valence-corrected chi connectivity index (χ2v) is 6.78. The first-order valence-corrected chi connectivity index (χ1v) is 9.59. The molecule has 0 bridgehead atoms. The molecule has 0 aliphatic rings. The summed E-state index contributed by atoms with van der Waals surface area (Å²) in [5.41, 5.74) is 0.466. The standard InChI is InChI=1S/C15H17FN4O3S2/c1-20(7-12(21)17-11-5-3-10(16)4-6-11)14(22)9-25-15-19-18-13(23-15)8-24-2/h3-6H,7-9H2,1-2H3,(H,17,21). The molecule has 0 radical (unpaired) electrons. The number of nitrogens with zero attached hydrogens (tertiary/aromatic N) is 3. The summed E-state index contributed by atoms with van der Waals surface area (Å²) >= 11 is 2.68. The highest BCUT2D eigenvalue weighted by atomic mass is 32.2. The zero-order valence-corrected chi connectivity index (χ0v) is 15.3. The van der Waals surface area contributed by atoms with E-state index in [1.165, 1.54) is 36.2 Å². The highest BCUT2D eigenvalue weighted by Gasteiger charge is 2.15. The molecule has 0 fully saturated rings.